The van der Waals surface area contributed by atoms with Crippen molar-refractivity contribution in [3.8, 4) is 0 Å². The number of amides is 1. The van der Waals surface area contributed by atoms with Gasteiger partial charge in [-0.15, -0.1) is 11.8 Å². The van der Waals surface area contributed by atoms with Crippen LogP contribution in [0.2, 0.25) is 0 Å². The van der Waals surface area contributed by atoms with Crippen molar-refractivity contribution in [1.82, 2.24) is 15.0 Å². The van der Waals surface area contributed by atoms with Gasteiger partial charge in [0.1, 0.15) is 5.82 Å². The number of anilines is 4. The van der Waals surface area contributed by atoms with Gasteiger partial charge in [0.2, 0.25) is 17.8 Å². The predicted molar refractivity (Wildman–Crippen MR) is 129 cm³/mol. The molecule has 0 saturated heterocycles. The topological polar surface area (TPSA) is 106 Å². The average molecular weight is 437 g/mol. The van der Waals surface area contributed by atoms with Crippen LogP contribution in [0.25, 0.3) is 0 Å². The highest BCUT2D eigenvalue weighted by Crippen LogP contribution is 2.23. The minimum absolute atomic E-state index is 0.0593. The molecule has 0 spiro atoms. The number of hydrogen-bond acceptors (Lipinski definition) is 7. The van der Waals surface area contributed by atoms with Crippen LogP contribution in [0.1, 0.15) is 36.4 Å². The number of carbonyl (C=O) groups is 1. The number of rotatable bonds is 8. The molecule has 1 aromatic heterocycles. The number of nitrogens with two attached hydrogens (primary N) is 1. The third-order valence-electron chi connectivity index (χ3n) is 4.83. The summed E-state index contributed by atoms with van der Waals surface area (Å²) in [5, 5.41) is 5.95. The van der Waals surface area contributed by atoms with Gasteiger partial charge in [0, 0.05) is 11.4 Å². The van der Waals surface area contributed by atoms with Crippen LogP contribution in [0.15, 0.2) is 42.5 Å². The molecule has 1 atom stereocenters. The SMILES string of the molecule is CCc1ccccc1Nc1nc(N)nc(CSC(C)C(=O)Nc2cc(C)ccc2C)n1. The molecule has 1 unspecified atom stereocenters. The Bertz CT molecular complexity index is 1070. The molecule has 0 aliphatic rings. The van der Waals surface area contributed by atoms with Crippen molar-refractivity contribution in [3.63, 3.8) is 0 Å². The summed E-state index contributed by atoms with van der Waals surface area (Å²) in [7, 11) is 0. The molecule has 0 fully saturated rings. The van der Waals surface area contributed by atoms with Crippen molar-refractivity contribution < 1.29 is 4.79 Å². The number of nitrogens with one attached hydrogen (secondary N) is 2. The lowest BCUT2D eigenvalue weighted by Gasteiger charge is -2.14. The van der Waals surface area contributed by atoms with Crippen LogP contribution in [0.5, 0.6) is 0 Å². The van der Waals surface area contributed by atoms with E-state index in [4.69, 9.17) is 5.73 Å². The van der Waals surface area contributed by atoms with E-state index in [1.165, 1.54) is 11.8 Å². The molecule has 2 aromatic carbocycles. The smallest absolute Gasteiger partial charge is 0.237 e. The van der Waals surface area contributed by atoms with Crippen LogP contribution in [0, 0.1) is 13.8 Å². The van der Waals surface area contributed by atoms with E-state index in [-0.39, 0.29) is 17.1 Å². The number of carbonyl (C=O) groups excluding carboxylic acids is 1. The zero-order valence-corrected chi connectivity index (χ0v) is 19.1. The standard InChI is InChI=1S/C23H28N6OS/c1-5-17-8-6-7-9-18(17)26-23-28-20(27-22(24)29-23)13-31-16(4)21(30)25-19-12-14(2)10-11-15(19)3/h6-12,16H,5,13H2,1-4H3,(H,25,30)(H3,24,26,27,28,29). The van der Waals surface area contributed by atoms with E-state index >= 15 is 0 Å². The van der Waals surface area contributed by atoms with Gasteiger partial charge in [-0.2, -0.15) is 15.0 Å². The second kappa shape index (κ2) is 10.3. The summed E-state index contributed by atoms with van der Waals surface area (Å²) >= 11 is 1.45. The maximum atomic E-state index is 12.6. The normalized spacial score (nSPS) is 11.7. The molecule has 7 nitrogen and oxygen atoms in total. The highest BCUT2D eigenvalue weighted by atomic mass is 32.2. The van der Waals surface area contributed by atoms with Gasteiger partial charge in [-0.25, -0.2) is 0 Å². The lowest BCUT2D eigenvalue weighted by molar-refractivity contribution is -0.115. The fourth-order valence-corrected chi connectivity index (χ4v) is 3.75. The van der Waals surface area contributed by atoms with E-state index in [0.717, 1.165) is 34.5 Å². The van der Waals surface area contributed by atoms with Crippen molar-refractivity contribution in [3.05, 3.63) is 65.0 Å². The number of nitrogen functional groups attached to an aromatic ring is 1. The van der Waals surface area contributed by atoms with Gasteiger partial charge >= 0.3 is 0 Å². The van der Waals surface area contributed by atoms with Gasteiger partial charge in [-0.05, 0) is 56.0 Å². The molecule has 1 heterocycles. The molecule has 0 saturated carbocycles. The first kappa shape index (κ1) is 22.6. The minimum atomic E-state index is -0.282. The lowest BCUT2D eigenvalue weighted by Crippen LogP contribution is -2.23. The van der Waals surface area contributed by atoms with Crippen LogP contribution in [0.4, 0.5) is 23.3 Å². The fourth-order valence-electron chi connectivity index (χ4n) is 3.01. The Morgan fingerprint density at radius 1 is 1.10 bits per heavy atom. The van der Waals surface area contributed by atoms with E-state index in [0.29, 0.717) is 17.5 Å². The summed E-state index contributed by atoms with van der Waals surface area (Å²) in [5.74, 6) is 1.46. The first-order chi connectivity index (χ1) is 14.9. The Balaban J connectivity index is 1.64. The summed E-state index contributed by atoms with van der Waals surface area (Å²) in [6.07, 6.45) is 0.888. The predicted octanol–water partition coefficient (Wildman–Crippen LogP) is 4.64. The molecule has 0 aliphatic heterocycles. The fraction of sp³-hybridized carbons (Fsp3) is 0.304. The van der Waals surface area contributed by atoms with Crippen molar-refractivity contribution in [2.24, 2.45) is 0 Å². The summed E-state index contributed by atoms with van der Waals surface area (Å²) in [6.45, 7) is 7.94. The summed E-state index contributed by atoms with van der Waals surface area (Å²) in [6, 6.07) is 14.0. The first-order valence-electron chi connectivity index (χ1n) is 10.2. The Kier molecular flexibility index (Phi) is 7.46. The molecule has 0 aliphatic carbocycles. The molecule has 0 bridgehead atoms. The van der Waals surface area contributed by atoms with Crippen molar-refractivity contribution in [2.75, 3.05) is 16.4 Å². The molecule has 0 radical (unpaired) electrons. The van der Waals surface area contributed by atoms with E-state index in [1.54, 1.807) is 0 Å². The Hall–Kier alpha value is -3.13. The third-order valence-corrected chi connectivity index (χ3v) is 5.97. The van der Waals surface area contributed by atoms with Gasteiger partial charge < -0.3 is 16.4 Å². The van der Waals surface area contributed by atoms with Gasteiger partial charge in [-0.1, -0.05) is 37.3 Å². The highest BCUT2D eigenvalue weighted by molar-refractivity contribution is 7.99. The Labute approximate surface area is 187 Å². The monoisotopic (exact) mass is 436 g/mol. The van der Waals surface area contributed by atoms with E-state index in [1.807, 2.05) is 57.2 Å². The Morgan fingerprint density at radius 3 is 2.65 bits per heavy atom. The first-order valence-corrected chi connectivity index (χ1v) is 11.3. The molecule has 4 N–H and O–H groups in total. The van der Waals surface area contributed by atoms with Crippen molar-refractivity contribution in [1.29, 1.82) is 0 Å². The second-order valence-corrected chi connectivity index (χ2v) is 8.66. The van der Waals surface area contributed by atoms with Crippen molar-refractivity contribution >= 4 is 40.9 Å². The number of nitrogens with zero attached hydrogens (tertiary/aromatic N) is 3. The molecule has 1 amide bonds. The second-order valence-electron chi connectivity index (χ2n) is 7.33. The number of aryl methyl sites for hydroxylation is 3. The van der Waals surface area contributed by atoms with Gasteiger partial charge in [-0.3, -0.25) is 4.79 Å². The summed E-state index contributed by atoms with van der Waals surface area (Å²) in [5.41, 5.74) is 11.0. The van der Waals surface area contributed by atoms with Gasteiger partial charge in [0.25, 0.3) is 0 Å². The lowest BCUT2D eigenvalue weighted by atomic mass is 10.1. The number of aromatic nitrogens is 3. The Morgan fingerprint density at radius 2 is 1.87 bits per heavy atom. The van der Waals surface area contributed by atoms with Gasteiger partial charge in [0.15, 0.2) is 0 Å². The largest absolute Gasteiger partial charge is 0.368 e. The highest BCUT2D eigenvalue weighted by Gasteiger charge is 2.16. The molecular weight excluding hydrogens is 408 g/mol. The summed E-state index contributed by atoms with van der Waals surface area (Å²) < 4.78 is 0. The quantitative estimate of drug-likeness (QED) is 0.472. The zero-order valence-electron chi connectivity index (χ0n) is 18.3. The van der Waals surface area contributed by atoms with Crippen LogP contribution < -0.4 is 16.4 Å². The molecule has 31 heavy (non-hydrogen) atoms. The van der Waals surface area contributed by atoms with Crippen LogP contribution in [-0.4, -0.2) is 26.1 Å². The van der Waals surface area contributed by atoms with Crippen LogP contribution in [0.3, 0.4) is 0 Å². The minimum Gasteiger partial charge on any atom is -0.368 e. The maximum absolute atomic E-state index is 12.6. The maximum Gasteiger partial charge on any atom is 0.237 e. The molecule has 8 heteroatoms. The summed E-state index contributed by atoms with van der Waals surface area (Å²) in [4.78, 5) is 25.5. The van der Waals surface area contributed by atoms with E-state index in [9.17, 15) is 4.79 Å². The third kappa shape index (κ3) is 6.18. The van der Waals surface area contributed by atoms with E-state index < -0.39 is 0 Å². The van der Waals surface area contributed by atoms with Crippen LogP contribution >= 0.6 is 11.8 Å². The molecular formula is C23H28N6OS. The zero-order chi connectivity index (χ0) is 22.4. The van der Waals surface area contributed by atoms with Gasteiger partial charge in [0.05, 0.1) is 11.0 Å². The molecule has 162 valence electrons. The number of thioether (sulfide) groups is 1. The van der Waals surface area contributed by atoms with Crippen molar-refractivity contribution in [2.45, 2.75) is 45.1 Å². The van der Waals surface area contributed by atoms with Crippen LogP contribution in [-0.2, 0) is 17.0 Å². The molecule has 3 aromatic rings. The molecule has 3 rings (SSSR count). The average Bonchev–Trinajstić information content (AvgIpc) is 2.74. The number of hydrogen-bond donors (Lipinski definition) is 3. The number of para-hydroxylation sites is 1. The van der Waals surface area contributed by atoms with E-state index in [2.05, 4.69) is 38.6 Å². The number of benzene rings is 2.